The number of halogens is 1. The van der Waals surface area contributed by atoms with E-state index < -0.39 is 0 Å². The maximum atomic E-state index is 6.03. The summed E-state index contributed by atoms with van der Waals surface area (Å²) in [5.41, 5.74) is 2.76. The molecule has 0 unspecified atom stereocenters. The van der Waals surface area contributed by atoms with E-state index in [0.29, 0.717) is 17.3 Å². The molecule has 0 aliphatic carbocycles. The Morgan fingerprint density at radius 2 is 2.15 bits per heavy atom. The van der Waals surface area contributed by atoms with E-state index >= 15 is 0 Å². The number of pyridine rings is 1. The minimum atomic E-state index is 0.621. The van der Waals surface area contributed by atoms with Crippen molar-refractivity contribution in [2.45, 2.75) is 24.4 Å². The second-order valence-electron chi connectivity index (χ2n) is 5.73. The van der Waals surface area contributed by atoms with Crippen LogP contribution in [0.2, 0.25) is 5.02 Å². The van der Waals surface area contributed by atoms with Crippen LogP contribution in [0.4, 0.5) is 0 Å². The van der Waals surface area contributed by atoms with E-state index in [9.17, 15) is 0 Å². The van der Waals surface area contributed by atoms with Crippen LogP contribution >= 0.6 is 23.4 Å². The minimum Gasteiger partial charge on any atom is -0.469 e. The fourth-order valence-electron chi connectivity index (χ4n) is 2.73. The van der Waals surface area contributed by atoms with Gasteiger partial charge in [0, 0.05) is 24.7 Å². The monoisotopic (exact) mass is 385 g/mol. The van der Waals surface area contributed by atoms with Crippen molar-refractivity contribution in [2.24, 2.45) is 0 Å². The Morgan fingerprint density at radius 1 is 1.27 bits per heavy atom. The zero-order valence-electron chi connectivity index (χ0n) is 14.1. The van der Waals surface area contributed by atoms with Crippen molar-refractivity contribution < 1.29 is 4.42 Å². The molecule has 0 aromatic carbocycles. The third-order valence-corrected chi connectivity index (χ3v) is 5.17. The molecule has 0 atom stereocenters. The normalized spacial score (nSPS) is 11.3. The maximum Gasteiger partial charge on any atom is 0.192 e. The lowest BCUT2D eigenvalue weighted by molar-refractivity contribution is 0.534. The number of thioether (sulfide) groups is 1. The predicted octanol–water partition coefficient (Wildman–Crippen LogP) is 4.63. The first-order chi connectivity index (χ1) is 12.7. The first kappa shape index (κ1) is 16.9. The van der Waals surface area contributed by atoms with Crippen molar-refractivity contribution in [3.63, 3.8) is 0 Å². The van der Waals surface area contributed by atoms with Gasteiger partial charge in [-0.05, 0) is 25.1 Å². The Hall–Kier alpha value is -2.51. The standard InChI is InChI=1S/C18H16ClN5OS/c1-3-7-24-17(15-6-8-25-12(15)2)21-22-18(24)26-11-14-10-23-9-13(19)4-5-16(23)20-14/h3-6,8-10H,1,7,11H2,2H3. The highest BCUT2D eigenvalue weighted by atomic mass is 35.5. The molecule has 26 heavy (non-hydrogen) atoms. The number of hydrogen-bond donors (Lipinski definition) is 0. The van der Waals surface area contributed by atoms with E-state index in [0.717, 1.165) is 33.6 Å². The van der Waals surface area contributed by atoms with Crippen molar-refractivity contribution in [3.05, 3.63) is 66.0 Å². The fraction of sp³-hybridized carbons (Fsp3) is 0.167. The van der Waals surface area contributed by atoms with Gasteiger partial charge in [0.25, 0.3) is 0 Å². The van der Waals surface area contributed by atoms with Gasteiger partial charge in [-0.2, -0.15) is 0 Å². The summed E-state index contributed by atoms with van der Waals surface area (Å²) in [5.74, 6) is 2.27. The molecule has 8 heteroatoms. The average molecular weight is 386 g/mol. The van der Waals surface area contributed by atoms with Crippen molar-refractivity contribution in [3.8, 4) is 11.4 Å². The summed E-state index contributed by atoms with van der Waals surface area (Å²) in [6.45, 7) is 6.37. The highest BCUT2D eigenvalue weighted by molar-refractivity contribution is 7.98. The third-order valence-electron chi connectivity index (χ3n) is 3.94. The van der Waals surface area contributed by atoms with E-state index in [4.69, 9.17) is 16.0 Å². The summed E-state index contributed by atoms with van der Waals surface area (Å²) in [4.78, 5) is 4.61. The average Bonchev–Trinajstić information content (AvgIpc) is 3.31. The minimum absolute atomic E-state index is 0.621. The quantitative estimate of drug-likeness (QED) is 0.358. The Morgan fingerprint density at radius 3 is 2.92 bits per heavy atom. The molecular formula is C18H16ClN5OS. The van der Waals surface area contributed by atoms with Crippen molar-refractivity contribution >= 4 is 29.0 Å². The second-order valence-corrected chi connectivity index (χ2v) is 7.11. The Labute approximate surface area is 159 Å². The SMILES string of the molecule is C=CCn1c(SCc2cn3cc(Cl)ccc3n2)nnc1-c1ccoc1C. The zero-order valence-corrected chi connectivity index (χ0v) is 15.7. The van der Waals surface area contributed by atoms with Gasteiger partial charge in [-0.15, -0.1) is 16.8 Å². The topological polar surface area (TPSA) is 61.2 Å². The molecule has 0 amide bonds. The molecular weight excluding hydrogens is 370 g/mol. The molecule has 4 rings (SSSR count). The van der Waals surface area contributed by atoms with Crippen LogP contribution in [0.1, 0.15) is 11.5 Å². The summed E-state index contributed by atoms with van der Waals surface area (Å²) < 4.78 is 9.35. The molecule has 0 saturated heterocycles. The Balaban J connectivity index is 1.60. The Bertz CT molecular complexity index is 1080. The van der Waals surface area contributed by atoms with Crippen molar-refractivity contribution in [2.75, 3.05) is 0 Å². The van der Waals surface area contributed by atoms with Crippen molar-refractivity contribution in [1.82, 2.24) is 24.1 Å². The van der Waals surface area contributed by atoms with Gasteiger partial charge in [-0.25, -0.2) is 4.98 Å². The first-order valence-corrected chi connectivity index (χ1v) is 9.36. The first-order valence-electron chi connectivity index (χ1n) is 8.00. The van der Waals surface area contributed by atoms with Crippen LogP contribution in [0.15, 0.2) is 59.1 Å². The molecule has 0 bridgehead atoms. The van der Waals surface area contributed by atoms with E-state index in [-0.39, 0.29) is 0 Å². The lowest BCUT2D eigenvalue weighted by Crippen LogP contribution is -2.00. The van der Waals surface area contributed by atoms with Crippen LogP contribution in [-0.4, -0.2) is 24.1 Å². The molecule has 4 aromatic rings. The van der Waals surface area contributed by atoms with E-state index in [1.807, 2.05) is 52.6 Å². The number of aryl methyl sites for hydroxylation is 1. The molecule has 0 aliphatic rings. The number of rotatable bonds is 6. The third kappa shape index (κ3) is 3.15. The van der Waals surface area contributed by atoms with Crippen LogP contribution in [0.5, 0.6) is 0 Å². The van der Waals surface area contributed by atoms with Crippen molar-refractivity contribution in [1.29, 1.82) is 0 Å². The molecule has 0 radical (unpaired) electrons. The van der Waals surface area contributed by atoms with Gasteiger partial charge >= 0.3 is 0 Å². The van der Waals surface area contributed by atoms with Gasteiger partial charge in [-0.3, -0.25) is 4.57 Å². The second kappa shape index (κ2) is 7.01. The molecule has 0 saturated carbocycles. The highest BCUT2D eigenvalue weighted by Crippen LogP contribution is 2.28. The summed E-state index contributed by atoms with van der Waals surface area (Å²) in [5, 5.41) is 10.2. The van der Waals surface area contributed by atoms with Crippen LogP contribution in [0.3, 0.4) is 0 Å². The van der Waals surface area contributed by atoms with Gasteiger partial charge in [0.1, 0.15) is 11.4 Å². The van der Waals surface area contributed by atoms with E-state index in [2.05, 4.69) is 21.8 Å². The summed E-state index contributed by atoms with van der Waals surface area (Å²) >= 11 is 7.61. The largest absolute Gasteiger partial charge is 0.469 e. The van der Waals surface area contributed by atoms with Gasteiger partial charge in [0.2, 0.25) is 0 Å². The van der Waals surface area contributed by atoms with Crippen LogP contribution in [0.25, 0.3) is 17.0 Å². The summed E-state index contributed by atoms with van der Waals surface area (Å²) in [6, 6.07) is 5.64. The molecule has 132 valence electrons. The molecule has 0 fully saturated rings. The number of furan rings is 1. The van der Waals surface area contributed by atoms with Gasteiger partial charge < -0.3 is 8.82 Å². The lowest BCUT2D eigenvalue weighted by atomic mass is 10.2. The predicted molar refractivity (Wildman–Crippen MR) is 102 cm³/mol. The van der Waals surface area contributed by atoms with Gasteiger partial charge in [0.05, 0.1) is 22.5 Å². The lowest BCUT2D eigenvalue weighted by Gasteiger charge is -2.06. The van der Waals surface area contributed by atoms with Crippen LogP contribution in [0, 0.1) is 6.92 Å². The van der Waals surface area contributed by atoms with Crippen LogP contribution in [-0.2, 0) is 12.3 Å². The Kier molecular flexibility index (Phi) is 4.57. The van der Waals surface area contributed by atoms with E-state index in [1.165, 1.54) is 0 Å². The maximum absolute atomic E-state index is 6.03. The highest BCUT2D eigenvalue weighted by Gasteiger charge is 2.17. The number of fused-ring (bicyclic) bond motifs is 1. The zero-order chi connectivity index (χ0) is 18.1. The van der Waals surface area contributed by atoms with Crippen LogP contribution < -0.4 is 0 Å². The molecule has 6 nitrogen and oxygen atoms in total. The molecule has 4 heterocycles. The molecule has 0 N–H and O–H groups in total. The summed E-state index contributed by atoms with van der Waals surface area (Å²) in [7, 11) is 0. The number of hydrogen-bond acceptors (Lipinski definition) is 5. The number of allylic oxidation sites excluding steroid dienone is 1. The fourth-order valence-corrected chi connectivity index (χ4v) is 3.73. The molecule has 4 aromatic heterocycles. The van der Waals surface area contributed by atoms with Gasteiger partial charge in [0.15, 0.2) is 11.0 Å². The van der Waals surface area contributed by atoms with Gasteiger partial charge in [-0.1, -0.05) is 29.4 Å². The molecule has 0 aliphatic heterocycles. The molecule has 0 spiro atoms. The smallest absolute Gasteiger partial charge is 0.192 e. The number of nitrogens with zero attached hydrogens (tertiary/aromatic N) is 5. The summed E-state index contributed by atoms with van der Waals surface area (Å²) in [6.07, 6.45) is 7.31. The van der Waals surface area contributed by atoms with E-state index in [1.54, 1.807) is 18.0 Å². The number of aromatic nitrogens is 5. The number of imidazole rings is 1.